The van der Waals surface area contributed by atoms with Gasteiger partial charge in [0.25, 0.3) is 5.56 Å². The standard InChI is InChI=1S/C24H22N4OS/c1-16-4-2-5-17(12-16)22-8-7-19(30-22)14-28-11-9-21-20(15-28)24(29)27-23(26-21)18-6-3-10-25-13-18/h2-8,10,12-13H,9,11,14-15H2,1H3,(H,26,27,29). The molecule has 4 heterocycles. The van der Waals surface area contributed by atoms with Gasteiger partial charge in [0.15, 0.2) is 0 Å². The van der Waals surface area contributed by atoms with Gasteiger partial charge in [0.05, 0.1) is 11.3 Å². The number of aryl methyl sites for hydroxylation is 1. The van der Waals surface area contributed by atoms with Gasteiger partial charge in [-0.25, -0.2) is 4.98 Å². The topological polar surface area (TPSA) is 61.9 Å². The van der Waals surface area contributed by atoms with E-state index in [2.05, 4.69) is 58.2 Å². The minimum atomic E-state index is -0.0461. The zero-order valence-electron chi connectivity index (χ0n) is 16.8. The number of benzene rings is 1. The van der Waals surface area contributed by atoms with E-state index in [1.807, 2.05) is 23.5 Å². The molecule has 0 atom stereocenters. The zero-order valence-corrected chi connectivity index (χ0v) is 17.6. The summed E-state index contributed by atoms with van der Waals surface area (Å²) in [6.07, 6.45) is 4.22. The van der Waals surface area contributed by atoms with Gasteiger partial charge in [-0.3, -0.25) is 14.7 Å². The Kier molecular flexibility index (Phi) is 5.02. The van der Waals surface area contributed by atoms with Crippen LogP contribution < -0.4 is 5.56 Å². The molecule has 0 saturated heterocycles. The average Bonchev–Trinajstić information content (AvgIpc) is 3.23. The van der Waals surface area contributed by atoms with Crippen LogP contribution in [0.5, 0.6) is 0 Å². The van der Waals surface area contributed by atoms with Gasteiger partial charge in [-0.1, -0.05) is 29.8 Å². The normalized spacial score (nSPS) is 13.9. The van der Waals surface area contributed by atoms with Crippen molar-refractivity contribution in [3.8, 4) is 21.8 Å². The van der Waals surface area contributed by atoms with Gasteiger partial charge < -0.3 is 4.98 Å². The van der Waals surface area contributed by atoms with Crippen LogP contribution >= 0.6 is 11.3 Å². The third-order valence-corrected chi connectivity index (χ3v) is 6.55. The summed E-state index contributed by atoms with van der Waals surface area (Å²) in [5.41, 5.74) is 5.01. The van der Waals surface area contributed by atoms with Crippen molar-refractivity contribution in [1.29, 1.82) is 0 Å². The van der Waals surface area contributed by atoms with E-state index in [4.69, 9.17) is 4.98 Å². The molecule has 1 aliphatic heterocycles. The van der Waals surface area contributed by atoms with Crippen molar-refractivity contribution in [2.24, 2.45) is 0 Å². The van der Waals surface area contributed by atoms with Crippen molar-refractivity contribution in [2.45, 2.75) is 26.4 Å². The predicted molar refractivity (Wildman–Crippen MR) is 120 cm³/mol. The Morgan fingerprint density at radius 1 is 1.13 bits per heavy atom. The smallest absolute Gasteiger partial charge is 0.255 e. The molecule has 4 aromatic rings. The first kappa shape index (κ1) is 18.9. The summed E-state index contributed by atoms with van der Waals surface area (Å²) in [4.78, 5) is 29.4. The van der Waals surface area contributed by atoms with Crippen molar-refractivity contribution in [2.75, 3.05) is 6.54 Å². The van der Waals surface area contributed by atoms with Crippen LogP contribution in [0.25, 0.3) is 21.8 Å². The molecular formula is C24H22N4OS. The summed E-state index contributed by atoms with van der Waals surface area (Å²) in [5.74, 6) is 0.598. The van der Waals surface area contributed by atoms with Gasteiger partial charge in [0.2, 0.25) is 0 Å². The Morgan fingerprint density at radius 3 is 2.87 bits per heavy atom. The summed E-state index contributed by atoms with van der Waals surface area (Å²) in [6, 6.07) is 16.8. The number of hydrogen-bond donors (Lipinski definition) is 1. The number of H-pyrrole nitrogens is 1. The fraction of sp³-hybridized carbons (Fsp3) is 0.208. The molecule has 0 aliphatic carbocycles. The molecule has 30 heavy (non-hydrogen) atoms. The van der Waals surface area contributed by atoms with Crippen molar-refractivity contribution in [3.05, 3.63) is 93.0 Å². The van der Waals surface area contributed by atoms with Crippen molar-refractivity contribution in [3.63, 3.8) is 0 Å². The van der Waals surface area contributed by atoms with Crippen molar-refractivity contribution >= 4 is 11.3 Å². The number of fused-ring (bicyclic) bond motifs is 1. The van der Waals surface area contributed by atoms with Gasteiger partial charge in [-0.2, -0.15) is 0 Å². The lowest BCUT2D eigenvalue weighted by atomic mass is 10.1. The van der Waals surface area contributed by atoms with E-state index in [0.29, 0.717) is 12.4 Å². The first-order valence-electron chi connectivity index (χ1n) is 10.1. The maximum Gasteiger partial charge on any atom is 0.255 e. The molecule has 0 radical (unpaired) electrons. The Hall–Kier alpha value is -3.09. The molecule has 0 fully saturated rings. The van der Waals surface area contributed by atoms with Crippen LogP contribution in [-0.2, 0) is 19.5 Å². The minimum Gasteiger partial charge on any atom is -0.306 e. The predicted octanol–water partition coefficient (Wildman–Crippen LogP) is 4.43. The van der Waals surface area contributed by atoms with Crippen molar-refractivity contribution < 1.29 is 0 Å². The van der Waals surface area contributed by atoms with Gasteiger partial charge in [-0.05, 0) is 36.8 Å². The number of pyridine rings is 1. The van der Waals surface area contributed by atoms with Crippen LogP contribution in [0.4, 0.5) is 0 Å². The number of nitrogens with one attached hydrogen (secondary N) is 1. The second-order valence-electron chi connectivity index (χ2n) is 7.68. The van der Waals surface area contributed by atoms with Gasteiger partial charge >= 0.3 is 0 Å². The highest BCUT2D eigenvalue weighted by molar-refractivity contribution is 7.15. The zero-order chi connectivity index (χ0) is 20.5. The molecule has 1 aliphatic rings. The summed E-state index contributed by atoms with van der Waals surface area (Å²) < 4.78 is 0. The maximum atomic E-state index is 12.7. The van der Waals surface area contributed by atoms with Crippen LogP contribution in [0.3, 0.4) is 0 Å². The Morgan fingerprint density at radius 2 is 2.03 bits per heavy atom. The van der Waals surface area contributed by atoms with E-state index < -0.39 is 0 Å². The molecule has 1 N–H and O–H groups in total. The SMILES string of the molecule is Cc1cccc(-c2ccc(CN3CCc4nc(-c5cccnc5)[nH]c(=O)c4C3)s2)c1. The van der Waals surface area contributed by atoms with Crippen LogP contribution in [0.2, 0.25) is 0 Å². The van der Waals surface area contributed by atoms with Crippen LogP contribution in [0, 0.1) is 6.92 Å². The Bertz CT molecular complexity index is 1250. The maximum absolute atomic E-state index is 12.7. The Labute approximate surface area is 179 Å². The van der Waals surface area contributed by atoms with E-state index in [-0.39, 0.29) is 5.56 Å². The van der Waals surface area contributed by atoms with Gasteiger partial charge in [0.1, 0.15) is 5.82 Å². The lowest BCUT2D eigenvalue weighted by Gasteiger charge is -2.27. The molecule has 0 spiro atoms. The summed E-state index contributed by atoms with van der Waals surface area (Å²) in [6.45, 7) is 4.49. The fourth-order valence-electron chi connectivity index (χ4n) is 3.89. The largest absolute Gasteiger partial charge is 0.306 e. The minimum absolute atomic E-state index is 0.0461. The lowest BCUT2D eigenvalue weighted by Crippen LogP contribution is -2.35. The number of hydrogen-bond acceptors (Lipinski definition) is 5. The Balaban J connectivity index is 1.34. The summed E-state index contributed by atoms with van der Waals surface area (Å²) in [5, 5.41) is 0. The molecule has 0 unspecified atom stereocenters. The van der Waals surface area contributed by atoms with Crippen molar-refractivity contribution in [1.82, 2.24) is 19.9 Å². The molecule has 1 aromatic carbocycles. The van der Waals surface area contributed by atoms with Gasteiger partial charge in [-0.15, -0.1) is 11.3 Å². The fourth-order valence-corrected chi connectivity index (χ4v) is 4.94. The van der Waals surface area contributed by atoms with E-state index in [1.54, 1.807) is 12.4 Å². The molecule has 3 aromatic heterocycles. The van der Waals surface area contributed by atoms with E-state index in [1.165, 1.54) is 20.9 Å². The molecule has 0 saturated carbocycles. The molecule has 0 bridgehead atoms. The van der Waals surface area contributed by atoms with Crippen LogP contribution in [-0.4, -0.2) is 26.4 Å². The molecule has 150 valence electrons. The highest BCUT2D eigenvalue weighted by Gasteiger charge is 2.22. The second kappa shape index (κ2) is 7.97. The third kappa shape index (κ3) is 3.84. The molecule has 5 rings (SSSR count). The molecule has 5 nitrogen and oxygen atoms in total. The molecular weight excluding hydrogens is 392 g/mol. The highest BCUT2D eigenvalue weighted by atomic mass is 32.1. The third-order valence-electron chi connectivity index (χ3n) is 5.43. The number of thiophene rings is 1. The van der Waals surface area contributed by atoms with Crippen LogP contribution in [0.1, 0.15) is 21.7 Å². The summed E-state index contributed by atoms with van der Waals surface area (Å²) >= 11 is 1.82. The second-order valence-corrected chi connectivity index (χ2v) is 8.85. The van der Waals surface area contributed by atoms with E-state index in [9.17, 15) is 4.79 Å². The quantitative estimate of drug-likeness (QED) is 0.537. The lowest BCUT2D eigenvalue weighted by molar-refractivity contribution is 0.244. The molecule has 6 heteroatoms. The number of aromatic nitrogens is 3. The van der Waals surface area contributed by atoms with E-state index >= 15 is 0 Å². The molecule has 0 amide bonds. The van der Waals surface area contributed by atoms with E-state index in [0.717, 1.165) is 36.3 Å². The highest BCUT2D eigenvalue weighted by Crippen LogP contribution is 2.30. The summed E-state index contributed by atoms with van der Waals surface area (Å²) in [7, 11) is 0. The average molecular weight is 415 g/mol. The number of nitrogens with zero attached hydrogens (tertiary/aromatic N) is 3. The number of rotatable bonds is 4. The van der Waals surface area contributed by atoms with Gasteiger partial charge in [0, 0.05) is 53.8 Å². The first-order valence-corrected chi connectivity index (χ1v) is 10.9. The monoisotopic (exact) mass is 414 g/mol. The van der Waals surface area contributed by atoms with Crippen LogP contribution in [0.15, 0.2) is 65.7 Å². The number of aromatic amines is 1. The first-order chi connectivity index (χ1) is 14.7.